The first-order chi connectivity index (χ1) is 10.9. The van der Waals surface area contributed by atoms with Crippen molar-refractivity contribution in [3.05, 3.63) is 64.7 Å². The molecular weight excluding hydrogens is 347 g/mol. The van der Waals surface area contributed by atoms with E-state index in [0.717, 1.165) is 6.07 Å². The van der Waals surface area contributed by atoms with E-state index in [0.29, 0.717) is 10.6 Å². The Morgan fingerprint density at radius 1 is 1.09 bits per heavy atom. The molecule has 0 amide bonds. The van der Waals surface area contributed by atoms with Gasteiger partial charge in [-0.15, -0.1) is 0 Å². The van der Waals surface area contributed by atoms with Crippen LogP contribution in [0.3, 0.4) is 0 Å². The lowest BCUT2D eigenvalue weighted by molar-refractivity contribution is -0.136. The van der Waals surface area contributed by atoms with Crippen molar-refractivity contribution in [3.8, 4) is 0 Å². The lowest BCUT2D eigenvalue weighted by atomic mass is 10.2. The van der Waals surface area contributed by atoms with Crippen molar-refractivity contribution in [2.24, 2.45) is 5.10 Å². The molecule has 0 aliphatic rings. The Bertz CT molecular complexity index is 732. The Hall–Kier alpha value is -2.12. The molecule has 0 heterocycles. The molecule has 2 aromatic carbocycles. The summed E-state index contributed by atoms with van der Waals surface area (Å²) in [6.07, 6.45) is -3.05. The molecule has 120 valence electrons. The largest absolute Gasteiger partial charge is 0.418 e. The van der Waals surface area contributed by atoms with Crippen LogP contribution in [0.4, 0.5) is 18.9 Å². The van der Waals surface area contributed by atoms with Crippen LogP contribution >= 0.6 is 23.8 Å². The third-order valence-electron chi connectivity index (χ3n) is 2.76. The predicted molar refractivity (Wildman–Crippen MR) is 89.8 cm³/mol. The molecular formula is C15H11ClF3N3S. The second kappa shape index (κ2) is 7.43. The summed E-state index contributed by atoms with van der Waals surface area (Å²) in [6.45, 7) is 0. The van der Waals surface area contributed by atoms with Crippen LogP contribution in [0.2, 0.25) is 5.02 Å². The van der Waals surface area contributed by atoms with Gasteiger partial charge in [-0.2, -0.15) is 18.3 Å². The highest BCUT2D eigenvalue weighted by Gasteiger charge is 2.33. The van der Waals surface area contributed by atoms with Gasteiger partial charge in [0.15, 0.2) is 5.11 Å². The Morgan fingerprint density at radius 2 is 1.74 bits per heavy atom. The van der Waals surface area contributed by atoms with Gasteiger partial charge >= 0.3 is 6.18 Å². The van der Waals surface area contributed by atoms with E-state index in [1.807, 2.05) is 0 Å². The van der Waals surface area contributed by atoms with E-state index in [1.54, 1.807) is 24.3 Å². The number of hydrazone groups is 1. The van der Waals surface area contributed by atoms with Gasteiger partial charge in [0, 0.05) is 10.6 Å². The number of nitrogens with zero attached hydrogens (tertiary/aromatic N) is 1. The fraction of sp³-hybridized carbons (Fsp3) is 0.0667. The summed E-state index contributed by atoms with van der Waals surface area (Å²) < 4.78 is 38.6. The van der Waals surface area contributed by atoms with Gasteiger partial charge in [0.25, 0.3) is 0 Å². The maximum atomic E-state index is 12.9. The van der Waals surface area contributed by atoms with Crippen molar-refractivity contribution in [2.75, 3.05) is 5.32 Å². The van der Waals surface area contributed by atoms with E-state index >= 15 is 0 Å². The highest BCUT2D eigenvalue weighted by atomic mass is 35.5. The van der Waals surface area contributed by atoms with Gasteiger partial charge in [-0.05, 0) is 30.4 Å². The first-order valence-corrected chi connectivity index (χ1v) is 7.17. The average molecular weight is 358 g/mol. The third-order valence-corrected chi connectivity index (χ3v) is 3.29. The topological polar surface area (TPSA) is 36.4 Å². The number of halogens is 4. The Balaban J connectivity index is 2.03. The minimum atomic E-state index is -4.47. The van der Waals surface area contributed by atoms with Crippen LogP contribution in [0.5, 0.6) is 0 Å². The number of thiocarbonyl (C=S) groups is 1. The third kappa shape index (κ3) is 4.94. The van der Waals surface area contributed by atoms with Gasteiger partial charge < -0.3 is 5.32 Å². The van der Waals surface area contributed by atoms with Crippen LogP contribution in [-0.4, -0.2) is 11.3 Å². The molecule has 0 unspecified atom stereocenters. The second-order valence-corrected chi connectivity index (χ2v) is 5.20. The molecule has 2 aromatic rings. The van der Waals surface area contributed by atoms with E-state index in [4.69, 9.17) is 23.8 Å². The molecule has 2 N–H and O–H groups in total. The summed E-state index contributed by atoms with van der Waals surface area (Å²) in [6, 6.07) is 12.0. The van der Waals surface area contributed by atoms with Crippen molar-refractivity contribution in [3.63, 3.8) is 0 Å². The molecule has 23 heavy (non-hydrogen) atoms. The highest BCUT2D eigenvalue weighted by Crippen LogP contribution is 2.34. The summed E-state index contributed by atoms with van der Waals surface area (Å²) in [5.41, 5.74) is 2.15. The second-order valence-electron chi connectivity index (χ2n) is 4.39. The minimum Gasteiger partial charge on any atom is -0.331 e. The number of anilines is 1. The Kier molecular flexibility index (Phi) is 5.57. The minimum absolute atomic E-state index is 0.0648. The van der Waals surface area contributed by atoms with Crippen molar-refractivity contribution in [2.45, 2.75) is 6.18 Å². The quantitative estimate of drug-likeness (QED) is 0.476. The van der Waals surface area contributed by atoms with Crippen molar-refractivity contribution in [1.82, 2.24) is 5.43 Å². The van der Waals surface area contributed by atoms with Crippen LogP contribution in [0.25, 0.3) is 0 Å². The van der Waals surface area contributed by atoms with E-state index in [1.165, 1.54) is 24.4 Å². The van der Waals surface area contributed by atoms with Gasteiger partial charge in [0.1, 0.15) is 0 Å². The van der Waals surface area contributed by atoms with Crippen LogP contribution < -0.4 is 10.7 Å². The zero-order valence-electron chi connectivity index (χ0n) is 11.6. The van der Waals surface area contributed by atoms with Crippen molar-refractivity contribution in [1.29, 1.82) is 0 Å². The van der Waals surface area contributed by atoms with Crippen LogP contribution in [0.1, 0.15) is 11.1 Å². The maximum Gasteiger partial charge on any atom is 0.418 e. The standard InChI is InChI=1S/C15H11ClF3N3S/c16-12-7-3-1-5-10(12)9-20-22-14(23)21-13-8-4-2-6-11(13)15(17,18)19/h1-9H,(H2,21,22,23)/b20-9+. The number of rotatable bonds is 3. The summed E-state index contributed by atoms with van der Waals surface area (Å²) in [5.74, 6) is 0. The first-order valence-electron chi connectivity index (χ1n) is 6.39. The molecule has 3 nitrogen and oxygen atoms in total. The zero-order valence-corrected chi connectivity index (χ0v) is 13.1. The molecule has 0 fully saturated rings. The number of para-hydroxylation sites is 1. The van der Waals surface area contributed by atoms with Crippen molar-refractivity contribution < 1.29 is 13.2 Å². The van der Waals surface area contributed by atoms with Crippen molar-refractivity contribution >= 4 is 40.8 Å². The van der Waals surface area contributed by atoms with Gasteiger partial charge in [-0.3, -0.25) is 5.43 Å². The Morgan fingerprint density at radius 3 is 2.43 bits per heavy atom. The van der Waals surface area contributed by atoms with Gasteiger partial charge in [0.2, 0.25) is 0 Å². The fourth-order valence-corrected chi connectivity index (χ4v) is 2.08. The number of hydrogen-bond acceptors (Lipinski definition) is 2. The Labute approximate surface area is 141 Å². The lowest BCUT2D eigenvalue weighted by Crippen LogP contribution is -2.25. The SMILES string of the molecule is FC(F)(F)c1ccccc1NC(=S)N/N=C/c1ccccc1Cl. The van der Waals surface area contributed by atoms with E-state index in [-0.39, 0.29) is 10.8 Å². The maximum absolute atomic E-state index is 12.9. The molecule has 0 aliphatic carbocycles. The van der Waals surface area contributed by atoms with Gasteiger partial charge in [0.05, 0.1) is 17.5 Å². The molecule has 0 saturated carbocycles. The van der Waals surface area contributed by atoms with Gasteiger partial charge in [-0.25, -0.2) is 0 Å². The van der Waals surface area contributed by atoms with Crippen LogP contribution in [0.15, 0.2) is 53.6 Å². The molecule has 0 radical (unpaired) electrons. The van der Waals surface area contributed by atoms with E-state index < -0.39 is 11.7 Å². The molecule has 0 spiro atoms. The molecule has 8 heteroatoms. The van der Waals surface area contributed by atoms with Gasteiger partial charge in [-0.1, -0.05) is 41.9 Å². The lowest BCUT2D eigenvalue weighted by Gasteiger charge is -2.14. The highest BCUT2D eigenvalue weighted by molar-refractivity contribution is 7.80. The monoisotopic (exact) mass is 357 g/mol. The molecule has 0 bridgehead atoms. The van der Waals surface area contributed by atoms with Crippen LogP contribution in [0, 0.1) is 0 Å². The average Bonchev–Trinajstić information content (AvgIpc) is 2.49. The number of alkyl halides is 3. The molecule has 2 rings (SSSR count). The zero-order chi connectivity index (χ0) is 16.9. The number of nitrogens with one attached hydrogen (secondary N) is 2. The summed E-state index contributed by atoms with van der Waals surface area (Å²) >= 11 is 10.9. The summed E-state index contributed by atoms with van der Waals surface area (Å²) in [7, 11) is 0. The molecule has 0 aromatic heterocycles. The summed E-state index contributed by atoms with van der Waals surface area (Å²) in [5, 5.41) is 6.75. The van der Waals surface area contributed by atoms with E-state index in [2.05, 4.69) is 15.8 Å². The first kappa shape index (κ1) is 17.2. The number of benzene rings is 2. The van der Waals surface area contributed by atoms with Crippen LogP contribution in [-0.2, 0) is 6.18 Å². The normalized spacial score (nSPS) is 11.5. The molecule has 0 aliphatic heterocycles. The molecule has 0 saturated heterocycles. The fourth-order valence-electron chi connectivity index (χ4n) is 1.73. The smallest absolute Gasteiger partial charge is 0.331 e. The predicted octanol–water partition coefficient (Wildman–Crippen LogP) is 4.68. The number of hydrogen-bond donors (Lipinski definition) is 2. The van der Waals surface area contributed by atoms with E-state index in [9.17, 15) is 13.2 Å². The molecule has 0 atom stereocenters. The summed E-state index contributed by atoms with van der Waals surface area (Å²) in [4.78, 5) is 0.